The molecule has 0 aromatic carbocycles. The van der Waals surface area contributed by atoms with Crippen LogP contribution in [0.15, 0.2) is 22.8 Å². The second kappa shape index (κ2) is 6.55. The number of ether oxygens (including phenoxy) is 1. The molecule has 0 unspecified atom stereocenters. The van der Waals surface area contributed by atoms with E-state index in [9.17, 15) is 0 Å². The summed E-state index contributed by atoms with van der Waals surface area (Å²) in [5, 5.41) is 0. The lowest BCUT2D eigenvalue weighted by Crippen LogP contribution is -2.28. The molecule has 2 rings (SSSR count). The maximum absolute atomic E-state index is 6.20. The van der Waals surface area contributed by atoms with Gasteiger partial charge in [-0.2, -0.15) is 0 Å². The highest BCUT2D eigenvalue weighted by Crippen LogP contribution is 2.27. The summed E-state index contributed by atoms with van der Waals surface area (Å²) in [6, 6.07) is 5.92. The van der Waals surface area contributed by atoms with Crippen molar-refractivity contribution >= 4 is 28.3 Å². The smallest absolute Gasteiger partial charge is 0.106 e. The zero-order valence-corrected chi connectivity index (χ0v) is 11.3. The number of hydrogen-bond donors (Lipinski definition) is 1. The fourth-order valence-electron chi connectivity index (χ4n) is 1.93. The molecule has 90 valence electrons. The third kappa shape index (κ3) is 3.42. The Bertz CT molecular complexity index is 332. The molecule has 3 nitrogen and oxygen atoms in total. The zero-order chi connectivity index (χ0) is 10.7. The van der Waals surface area contributed by atoms with E-state index in [4.69, 9.17) is 10.5 Å². The van der Waals surface area contributed by atoms with E-state index in [0.717, 1.165) is 36.4 Å². The lowest BCUT2D eigenvalue weighted by molar-refractivity contribution is 0.0579. The molecule has 1 saturated heterocycles. The Morgan fingerprint density at radius 3 is 2.69 bits per heavy atom. The fourth-order valence-corrected chi connectivity index (χ4v) is 2.28. The van der Waals surface area contributed by atoms with E-state index in [2.05, 4.69) is 20.9 Å². The van der Waals surface area contributed by atoms with E-state index < -0.39 is 0 Å². The molecule has 16 heavy (non-hydrogen) atoms. The molecule has 1 aromatic heterocycles. The summed E-state index contributed by atoms with van der Waals surface area (Å²) >= 11 is 3.36. The van der Waals surface area contributed by atoms with Gasteiger partial charge in [-0.25, -0.2) is 4.98 Å². The average Bonchev–Trinajstić information content (AvgIpc) is 2.29. The van der Waals surface area contributed by atoms with Crippen molar-refractivity contribution in [2.24, 2.45) is 11.7 Å². The van der Waals surface area contributed by atoms with Crippen LogP contribution in [-0.4, -0.2) is 18.2 Å². The van der Waals surface area contributed by atoms with Crippen LogP contribution in [-0.2, 0) is 4.74 Å². The molecule has 1 fully saturated rings. The normalized spacial score (nSPS) is 18.9. The predicted molar refractivity (Wildman–Crippen MR) is 69.7 cm³/mol. The Hall–Kier alpha value is -0.160. The third-order valence-electron chi connectivity index (χ3n) is 2.85. The summed E-state index contributed by atoms with van der Waals surface area (Å²) in [7, 11) is 0. The summed E-state index contributed by atoms with van der Waals surface area (Å²) in [5.41, 5.74) is 7.17. The molecular weight excluding hydrogens is 291 g/mol. The van der Waals surface area contributed by atoms with Crippen molar-refractivity contribution < 1.29 is 4.74 Å². The molecule has 2 N–H and O–H groups in total. The fraction of sp³-hybridized carbons (Fsp3) is 0.545. The minimum absolute atomic E-state index is 0. The SMILES string of the molecule is Cl.N[C@@H](c1cccc(Br)n1)C1CCOCC1. The Kier molecular flexibility index (Phi) is 5.69. The number of aromatic nitrogens is 1. The number of hydrogen-bond acceptors (Lipinski definition) is 3. The first-order valence-electron chi connectivity index (χ1n) is 5.23. The molecule has 0 aliphatic carbocycles. The van der Waals surface area contributed by atoms with E-state index in [1.54, 1.807) is 0 Å². The monoisotopic (exact) mass is 306 g/mol. The lowest BCUT2D eigenvalue weighted by atomic mass is 9.90. The van der Waals surface area contributed by atoms with Gasteiger partial charge in [-0.05, 0) is 46.8 Å². The maximum Gasteiger partial charge on any atom is 0.106 e. The summed E-state index contributed by atoms with van der Waals surface area (Å²) in [4.78, 5) is 4.40. The highest BCUT2D eigenvalue weighted by atomic mass is 79.9. The summed E-state index contributed by atoms with van der Waals surface area (Å²) in [6.07, 6.45) is 2.07. The molecule has 5 heteroatoms. The van der Waals surface area contributed by atoms with Gasteiger partial charge in [-0.3, -0.25) is 0 Å². The first kappa shape index (κ1) is 13.9. The van der Waals surface area contributed by atoms with Crippen molar-refractivity contribution in [1.29, 1.82) is 0 Å². The Balaban J connectivity index is 0.00000128. The van der Waals surface area contributed by atoms with Crippen molar-refractivity contribution in [3.8, 4) is 0 Å². The van der Waals surface area contributed by atoms with Gasteiger partial charge in [0.2, 0.25) is 0 Å². The number of rotatable bonds is 2. The van der Waals surface area contributed by atoms with Crippen LogP contribution in [0.25, 0.3) is 0 Å². The number of pyridine rings is 1. The molecule has 0 saturated carbocycles. The van der Waals surface area contributed by atoms with E-state index in [0.29, 0.717) is 5.92 Å². The minimum atomic E-state index is 0. The van der Waals surface area contributed by atoms with Gasteiger partial charge < -0.3 is 10.5 Å². The molecule has 1 aliphatic rings. The standard InChI is InChI=1S/C11H15BrN2O.ClH/c12-10-3-1-2-9(14-10)11(13)8-4-6-15-7-5-8;/h1-3,8,11H,4-7,13H2;1H/t11-;/m1./s1. The van der Waals surface area contributed by atoms with Crippen LogP contribution in [0.4, 0.5) is 0 Å². The van der Waals surface area contributed by atoms with Gasteiger partial charge in [0.1, 0.15) is 4.60 Å². The first-order valence-corrected chi connectivity index (χ1v) is 6.02. The van der Waals surface area contributed by atoms with Gasteiger partial charge in [0.05, 0.1) is 11.7 Å². The Morgan fingerprint density at radius 2 is 2.06 bits per heavy atom. The van der Waals surface area contributed by atoms with Crippen LogP contribution in [0.3, 0.4) is 0 Å². The summed E-state index contributed by atoms with van der Waals surface area (Å²) in [6.45, 7) is 1.65. The van der Waals surface area contributed by atoms with Crippen LogP contribution < -0.4 is 5.73 Å². The minimum Gasteiger partial charge on any atom is -0.381 e. The van der Waals surface area contributed by atoms with Crippen molar-refractivity contribution in [2.75, 3.05) is 13.2 Å². The largest absolute Gasteiger partial charge is 0.381 e. The second-order valence-corrected chi connectivity index (χ2v) is 4.67. The van der Waals surface area contributed by atoms with Gasteiger partial charge in [-0.15, -0.1) is 12.4 Å². The molecule has 0 radical (unpaired) electrons. The summed E-state index contributed by atoms with van der Waals surface area (Å²) in [5.74, 6) is 0.501. The van der Waals surface area contributed by atoms with Crippen LogP contribution in [0.1, 0.15) is 24.6 Å². The molecule has 1 aromatic rings. The topological polar surface area (TPSA) is 48.1 Å². The van der Waals surface area contributed by atoms with Crippen molar-refractivity contribution in [1.82, 2.24) is 4.98 Å². The van der Waals surface area contributed by atoms with E-state index >= 15 is 0 Å². The quantitative estimate of drug-likeness (QED) is 0.855. The van der Waals surface area contributed by atoms with Crippen LogP contribution >= 0.6 is 28.3 Å². The number of nitrogens with zero attached hydrogens (tertiary/aromatic N) is 1. The van der Waals surface area contributed by atoms with E-state index in [1.165, 1.54) is 0 Å². The van der Waals surface area contributed by atoms with Gasteiger partial charge >= 0.3 is 0 Å². The Morgan fingerprint density at radius 1 is 1.38 bits per heavy atom. The first-order chi connectivity index (χ1) is 7.27. The molecule has 0 spiro atoms. The lowest BCUT2D eigenvalue weighted by Gasteiger charge is -2.27. The second-order valence-electron chi connectivity index (χ2n) is 3.86. The van der Waals surface area contributed by atoms with E-state index in [-0.39, 0.29) is 18.4 Å². The molecule has 2 heterocycles. The third-order valence-corrected chi connectivity index (χ3v) is 3.29. The molecule has 0 bridgehead atoms. The van der Waals surface area contributed by atoms with Crippen molar-refractivity contribution in [3.63, 3.8) is 0 Å². The van der Waals surface area contributed by atoms with E-state index in [1.807, 2.05) is 18.2 Å². The highest BCUT2D eigenvalue weighted by molar-refractivity contribution is 9.10. The predicted octanol–water partition coefficient (Wildman–Crippen LogP) is 2.69. The molecule has 0 amide bonds. The van der Waals surface area contributed by atoms with Crippen LogP contribution in [0, 0.1) is 5.92 Å². The van der Waals surface area contributed by atoms with Crippen molar-refractivity contribution in [3.05, 3.63) is 28.5 Å². The molecular formula is C11H16BrClN2O. The highest BCUT2D eigenvalue weighted by Gasteiger charge is 2.23. The molecule has 1 aliphatic heterocycles. The zero-order valence-electron chi connectivity index (χ0n) is 8.93. The maximum atomic E-state index is 6.20. The van der Waals surface area contributed by atoms with Crippen LogP contribution in [0.5, 0.6) is 0 Å². The van der Waals surface area contributed by atoms with Gasteiger partial charge in [0, 0.05) is 13.2 Å². The van der Waals surface area contributed by atoms with Gasteiger partial charge in [0.15, 0.2) is 0 Å². The Labute approximate surface area is 110 Å². The summed E-state index contributed by atoms with van der Waals surface area (Å²) < 4.78 is 6.17. The molecule has 1 atom stereocenters. The van der Waals surface area contributed by atoms with Gasteiger partial charge in [0.25, 0.3) is 0 Å². The van der Waals surface area contributed by atoms with Crippen molar-refractivity contribution in [2.45, 2.75) is 18.9 Å². The van der Waals surface area contributed by atoms with Gasteiger partial charge in [-0.1, -0.05) is 6.07 Å². The van der Waals surface area contributed by atoms with Crippen LogP contribution in [0.2, 0.25) is 0 Å². The number of halogens is 2. The average molecular weight is 308 g/mol. The number of nitrogens with two attached hydrogens (primary N) is 1.